The molecule has 152 valence electrons. The Kier molecular flexibility index (Phi) is 7.03. The number of carbonyl (C=O) groups excluding carboxylic acids is 1. The Bertz CT molecular complexity index is 1070. The molecule has 0 aliphatic carbocycles. The molecule has 30 heavy (non-hydrogen) atoms. The van der Waals surface area contributed by atoms with E-state index in [0.717, 1.165) is 15.6 Å². The first-order valence-corrected chi connectivity index (χ1v) is 10.0. The van der Waals surface area contributed by atoms with Gasteiger partial charge in [-0.2, -0.15) is 0 Å². The molecule has 0 radical (unpaired) electrons. The molecule has 1 amide bonds. The Hall–Kier alpha value is -3.38. The predicted molar refractivity (Wildman–Crippen MR) is 119 cm³/mol. The molecule has 2 N–H and O–H groups in total. The lowest BCUT2D eigenvalue weighted by Gasteiger charge is -2.09. The fourth-order valence-electron chi connectivity index (χ4n) is 2.69. The van der Waals surface area contributed by atoms with Crippen LogP contribution < -0.4 is 10.1 Å². The highest BCUT2D eigenvalue weighted by Gasteiger charge is 2.12. The largest absolute Gasteiger partial charge is 0.477 e. The first-order chi connectivity index (χ1) is 14.4. The van der Waals surface area contributed by atoms with E-state index in [1.807, 2.05) is 55.5 Å². The van der Waals surface area contributed by atoms with Crippen molar-refractivity contribution in [2.45, 2.75) is 13.3 Å². The molecule has 6 heteroatoms. The van der Waals surface area contributed by atoms with Gasteiger partial charge in [-0.1, -0.05) is 54.1 Å². The van der Waals surface area contributed by atoms with Gasteiger partial charge in [0.1, 0.15) is 17.2 Å². The van der Waals surface area contributed by atoms with E-state index in [1.54, 1.807) is 24.3 Å². The lowest BCUT2D eigenvalue weighted by molar-refractivity contribution is -0.134. The van der Waals surface area contributed by atoms with Gasteiger partial charge in [0.05, 0.1) is 10.9 Å². The smallest absolute Gasteiger partial charge is 0.352 e. The minimum Gasteiger partial charge on any atom is -0.477 e. The zero-order chi connectivity index (χ0) is 21.5. The molecule has 0 saturated carbocycles. The van der Waals surface area contributed by atoms with Crippen LogP contribution in [-0.2, 0) is 16.0 Å². The molecule has 3 aromatic rings. The van der Waals surface area contributed by atoms with Crippen molar-refractivity contribution in [2.24, 2.45) is 0 Å². The van der Waals surface area contributed by atoms with Crippen LogP contribution in [0.5, 0.6) is 11.5 Å². The maximum Gasteiger partial charge on any atom is 0.352 e. The van der Waals surface area contributed by atoms with Gasteiger partial charge >= 0.3 is 5.97 Å². The molecule has 3 aromatic carbocycles. The van der Waals surface area contributed by atoms with Gasteiger partial charge in [0.15, 0.2) is 0 Å². The molecule has 0 aliphatic rings. The average molecular weight is 466 g/mol. The lowest BCUT2D eigenvalue weighted by Crippen LogP contribution is -2.28. The molecular weight excluding hydrogens is 446 g/mol. The third-order valence-electron chi connectivity index (χ3n) is 4.25. The molecule has 0 unspecified atom stereocenters. The van der Waals surface area contributed by atoms with Crippen LogP contribution in [0.15, 0.2) is 83.0 Å². The van der Waals surface area contributed by atoms with E-state index >= 15 is 0 Å². The summed E-state index contributed by atoms with van der Waals surface area (Å²) in [6, 6.07) is 21.9. The number of hydrogen-bond acceptors (Lipinski definition) is 3. The summed E-state index contributed by atoms with van der Waals surface area (Å²) in [5.41, 5.74) is 2.35. The minimum absolute atomic E-state index is 0.101. The molecule has 0 aromatic heterocycles. The zero-order valence-electron chi connectivity index (χ0n) is 16.3. The van der Waals surface area contributed by atoms with Crippen LogP contribution >= 0.6 is 15.9 Å². The normalized spacial score (nSPS) is 11.1. The van der Waals surface area contributed by atoms with Gasteiger partial charge in [0.2, 0.25) is 5.91 Å². The van der Waals surface area contributed by atoms with Gasteiger partial charge in [0.25, 0.3) is 0 Å². The van der Waals surface area contributed by atoms with Crippen molar-refractivity contribution in [3.05, 3.63) is 99.7 Å². The molecule has 0 saturated heterocycles. The molecular formula is C24H20BrNO4. The number of halogens is 1. The van der Waals surface area contributed by atoms with Crippen LogP contribution in [-0.4, -0.2) is 17.0 Å². The van der Waals surface area contributed by atoms with Gasteiger partial charge in [0, 0.05) is 0 Å². The maximum atomic E-state index is 12.3. The van der Waals surface area contributed by atoms with Gasteiger partial charge in [-0.25, -0.2) is 4.79 Å². The van der Waals surface area contributed by atoms with Crippen molar-refractivity contribution in [3.8, 4) is 11.5 Å². The topological polar surface area (TPSA) is 75.6 Å². The van der Waals surface area contributed by atoms with E-state index < -0.39 is 5.97 Å². The number of para-hydroxylation sites is 1. The summed E-state index contributed by atoms with van der Waals surface area (Å²) in [6.45, 7) is 1.96. The molecule has 3 rings (SSSR count). The summed E-state index contributed by atoms with van der Waals surface area (Å²) in [6.07, 6.45) is 1.52. The van der Waals surface area contributed by atoms with Crippen molar-refractivity contribution in [1.82, 2.24) is 5.32 Å². The molecule has 0 spiro atoms. The quantitative estimate of drug-likeness (QED) is 0.462. The van der Waals surface area contributed by atoms with Gasteiger partial charge in [-0.05, 0) is 64.3 Å². The number of hydrogen-bond donors (Lipinski definition) is 2. The second-order valence-corrected chi connectivity index (χ2v) is 7.53. The van der Waals surface area contributed by atoms with Crippen LogP contribution in [0.4, 0.5) is 0 Å². The Morgan fingerprint density at radius 3 is 2.30 bits per heavy atom. The van der Waals surface area contributed by atoms with E-state index in [9.17, 15) is 14.7 Å². The van der Waals surface area contributed by atoms with E-state index in [1.165, 1.54) is 6.08 Å². The summed E-state index contributed by atoms with van der Waals surface area (Å²) in [4.78, 5) is 23.8. The standard InChI is InChI=1S/C24H20BrNO4/c1-16-6-8-18(9-7-16)15-23(27)26-21(24(28)29)14-17-10-12-19(13-11-17)30-22-5-3-2-4-20(22)25/h2-14H,15H2,1H3,(H,26,27)(H,28,29). The maximum absolute atomic E-state index is 12.3. The number of aryl methyl sites for hydroxylation is 1. The number of nitrogens with one attached hydrogen (secondary N) is 1. The Balaban J connectivity index is 1.68. The Morgan fingerprint density at radius 1 is 1.00 bits per heavy atom. The second kappa shape index (κ2) is 9.89. The van der Waals surface area contributed by atoms with Crippen LogP contribution in [0.1, 0.15) is 16.7 Å². The number of carboxylic acid groups (broad SMARTS) is 1. The van der Waals surface area contributed by atoms with Crippen molar-refractivity contribution >= 4 is 33.9 Å². The number of benzene rings is 3. The first kappa shape index (κ1) is 21.3. The summed E-state index contributed by atoms with van der Waals surface area (Å²) in [5, 5.41) is 11.9. The molecule has 0 atom stereocenters. The van der Waals surface area contributed by atoms with E-state index in [-0.39, 0.29) is 18.0 Å². The third kappa shape index (κ3) is 6.06. The van der Waals surface area contributed by atoms with E-state index in [2.05, 4.69) is 21.2 Å². The fourth-order valence-corrected chi connectivity index (χ4v) is 3.06. The van der Waals surface area contributed by atoms with E-state index in [0.29, 0.717) is 17.1 Å². The number of rotatable bonds is 7. The summed E-state index contributed by atoms with van der Waals surface area (Å²) in [7, 11) is 0. The molecule has 0 aliphatic heterocycles. The Labute approximate surface area is 183 Å². The van der Waals surface area contributed by atoms with Crippen LogP contribution in [0.2, 0.25) is 0 Å². The van der Waals surface area contributed by atoms with Crippen molar-refractivity contribution in [2.75, 3.05) is 0 Å². The summed E-state index contributed by atoms with van der Waals surface area (Å²) < 4.78 is 6.63. The highest BCUT2D eigenvalue weighted by atomic mass is 79.9. The van der Waals surface area contributed by atoms with E-state index in [4.69, 9.17) is 4.74 Å². The molecule has 0 heterocycles. The number of aliphatic carboxylic acids is 1. The second-order valence-electron chi connectivity index (χ2n) is 6.68. The Morgan fingerprint density at radius 2 is 1.67 bits per heavy atom. The van der Waals surface area contributed by atoms with Crippen LogP contribution in [0.25, 0.3) is 6.08 Å². The number of ether oxygens (including phenoxy) is 1. The number of amides is 1. The summed E-state index contributed by atoms with van der Waals surface area (Å²) >= 11 is 3.43. The van der Waals surface area contributed by atoms with Crippen molar-refractivity contribution in [3.63, 3.8) is 0 Å². The predicted octanol–water partition coefficient (Wildman–Crippen LogP) is 5.33. The highest BCUT2D eigenvalue weighted by Crippen LogP contribution is 2.29. The molecule has 5 nitrogen and oxygen atoms in total. The van der Waals surface area contributed by atoms with Crippen molar-refractivity contribution in [1.29, 1.82) is 0 Å². The highest BCUT2D eigenvalue weighted by molar-refractivity contribution is 9.10. The number of carbonyl (C=O) groups is 2. The fraction of sp³-hybridized carbons (Fsp3) is 0.0833. The lowest BCUT2D eigenvalue weighted by atomic mass is 10.1. The third-order valence-corrected chi connectivity index (χ3v) is 4.90. The van der Waals surface area contributed by atoms with Gasteiger partial charge < -0.3 is 15.2 Å². The minimum atomic E-state index is -1.21. The van der Waals surface area contributed by atoms with Crippen molar-refractivity contribution < 1.29 is 19.4 Å². The monoisotopic (exact) mass is 465 g/mol. The average Bonchev–Trinajstić information content (AvgIpc) is 2.72. The molecule has 0 fully saturated rings. The van der Waals surface area contributed by atoms with Crippen LogP contribution in [0.3, 0.4) is 0 Å². The number of carboxylic acids is 1. The summed E-state index contributed by atoms with van der Waals surface area (Å²) in [5.74, 6) is -0.308. The zero-order valence-corrected chi connectivity index (χ0v) is 17.8. The molecule has 0 bridgehead atoms. The SMILES string of the molecule is Cc1ccc(CC(=O)NC(=Cc2ccc(Oc3ccccc3Br)cc2)C(=O)O)cc1. The van der Waals surface area contributed by atoms with Gasteiger partial charge in [-0.15, -0.1) is 0 Å². The first-order valence-electron chi connectivity index (χ1n) is 9.23. The van der Waals surface area contributed by atoms with Crippen LogP contribution in [0, 0.1) is 6.92 Å². The van der Waals surface area contributed by atoms with Gasteiger partial charge in [-0.3, -0.25) is 4.79 Å².